The monoisotopic (exact) mass is 225 g/mol. The van der Waals surface area contributed by atoms with Crippen LogP contribution in [0.15, 0.2) is 23.1 Å². The second kappa shape index (κ2) is 5.91. The fourth-order valence-corrected chi connectivity index (χ4v) is 2.13. The summed E-state index contributed by atoms with van der Waals surface area (Å²) in [5.74, 6) is 2.10. The molecule has 0 fully saturated rings. The van der Waals surface area contributed by atoms with Crippen LogP contribution >= 0.6 is 11.8 Å². The first-order valence-electron chi connectivity index (χ1n) is 5.17. The van der Waals surface area contributed by atoms with E-state index in [9.17, 15) is 0 Å². The Morgan fingerprint density at radius 2 is 2.07 bits per heavy atom. The maximum Gasteiger partial charge on any atom is 0.143 e. The van der Waals surface area contributed by atoms with Crippen molar-refractivity contribution in [2.75, 3.05) is 31.9 Å². The van der Waals surface area contributed by atoms with Gasteiger partial charge in [0.1, 0.15) is 5.75 Å². The average molecular weight is 225 g/mol. The zero-order valence-corrected chi connectivity index (χ0v) is 10.7. The van der Waals surface area contributed by atoms with Gasteiger partial charge < -0.3 is 9.64 Å². The fourth-order valence-electron chi connectivity index (χ4n) is 1.34. The summed E-state index contributed by atoms with van der Waals surface area (Å²) in [5.41, 5.74) is 1.12. The molecule has 0 unspecified atom stereocenters. The first kappa shape index (κ1) is 12.2. The molecule has 15 heavy (non-hydrogen) atoms. The summed E-state index contributed by atoms with van der Waals surface area (Å²) in [7, 11) is 5.77. The molecule has 3 heteroatoms. The lowest BCUT2D eigenvalue weighted by molar-refractivity contribution is 0.414. The number of thioether (sulfide) groups is 1. The van der Waals surface area contributed by atoms with Gasteiger partial charge in [0, 0.05) is 19.0 Å². The minimum Gasteiger partial charge on any atom is -0.495 e. The lowest BCUT2D eigenvalue weighted by Gasteiger charge is -2.17. The Morgan fingerprint density at radius 1 is 1.33 bits per heavy atom. The van der Waals surface area contributed by atoms with Crippen molar-refractivity contribution in [3.8, 4) is 5.75 Å². The van der Waals surface area contributed by atoms with Crippen molar-refractivity contribution in [3.63, 3.8) is 0 Å². The normalized spacial score (nSPS) is 10.1. The molecule has 1 aromatic carbocycles. The van der Waals surface area contributed by atoms with Gasteiger partial charge in [0.25, 0.3) is 0 Å². The topological polar surface area (TPSA) is 12.5 Å². The zero-order valence-electron chi connectivity index (χ0n) is 9.91. The SMILES string of the molecule is CCCSc1ccc(N(C)C)c(OC)c1. The summed E-state index contributed by atoms with van der Waals surface area (Å²) in [4.78, 5) is 3.34. The number of benzene rings is 1. The molecule has 1 aromatic rings. The van der Waals surface area contributed by atoms with Crippen LogP contribution in [0.3, 0.4) is 0 Å². The predicted octanol–water partition coefficient (Wildman–Crippen LogP) is 3.26. The first-order chi connectivity index (χ1) is 7.19. The van der Waals surface area contributed by atoms with Gasteiger partial charge in [-0.2, -0.15) is 0 Å². The third kappa shape index (κ3) is 3.34. The first-order valence-corrected chi connectivity index (χ1v) is 6.15. The molecular formula is C12H19NOS. The molecule has 0 bridgehead atoms. The number of anilines is 1. The van der Waals surface area contributed by atoms with Crippen LogP contribution in [0.2, 0.25) is 0 Å². The zero-order chi connectivity index (χ0) is 11.3. The van der Waals surface area contributed by atoms with Crippen molar-refractivity contribution in [2.45, 2.75) is 18.2 Å². The van der Waals surface area contributed by atoms with Gasteiger partial charge >= 0.3 is 0 Å². The minimum atomic E-state index is 0.945. The highest BCUT2D eigenvalue weighted by Crippen LogP contribution is 2.31. The Kier molecular flexibility index (Phi) is 4.82. The Hall–Kier alpha value is -0.830. The van der Waals surface area contributed by atoms with E-state index in [1.807, 2.05) is 25.9 Å². The number of ether oxygens (including phenoxy) is 1. The molecule has 0 saturated heterocycles. The summed E-state index contributed by atoms with van der Waals surface area (Å²) in [6.45, 7) is 2.19. The number of hydrogen-bond donors (Lipinski definition) is 0. The van der Waals surface area contributed by atoms with Crippen LogP contribution in [0.4, 0.5) is 5.69 Å². The van der Waals surface area contributed by atoms with Crippen molar-refractivity contribution in [2.24, 2.45) is 0 Å². The molecule has 0 saturated carbocycles. The van der Waals surface area contributed by atoms with E-state index in [0.29, 0.717) is 0 Å². The van der Waals surface area contributed by atoms with Crippen LogP contribution in [0.25, 0.3) is 0 Å². The van der Waals surface area contributed by atoms with Crippen LogP contribution < -0.4 is 9.64 Å². The van der Waals surface area contributed by atoms with E-state index in [2.05, 4.69) is 30.0 Å². The van der Waals surface area contributed by atoms with Crippen LogP contribution in [0, 0.1) is 0 Å². The summed E-state index contributed by atoms with van der Waals surface area (Å²) in [6.07, 6.45) is 1.20. The van der Waals surface area contributed by atoms with Gasteiger partial charge in [0.15, 0.2) is 0 Å². The molecule has 0 aliphatic heterocycles. The number of methoxy groups -OCH3 is 1. The van der Waals surface area contributed by atoms with E-state index in [1.165, 1.54) is 11.3 Å². The Bertz CT molecular complexity index is 312. The minimum absolute atomic E-state index is 0.945. The molecule has 84 valence electrons. The highest BCUT2D eigenvalue weighted by molar-refractivity contribution is 7.99. The van der Waals surface area contributed by atoms with Gasteiger partial charge in [-0.05, 0) is 30.4 Å². The average Bonchev–Trinajstić information content (AvgIpc) is 2.25. The fraction of sp³-hybridized carbons (Fsp3) is 0.500. The summed E-state index contributed by atoms with van der Waals surface area (Å²) in [5, 5.41) is 0. The molecule has 0 aliphatic rings. The number of hydrogen-bond acceptors (Lipinski definition) is 3. The molecule has 0 aromatic heterocycles. The second-order valence-corrected chi connectivity index (χ2v) is 4.74. The highest BCUT2D eigenvalue weighted by atomic mass is 32.2. The summed E-state index contributed by atoms with van der Waals surface area (Å²) < 4.78 is 5.37. The van der Waals surface area contributed by atoms with Gasteiger partial charge in [-0.15, -0.1) is 11.8 Å². The van der Waals surface area contributed by atoms with E-state index in [-0.39, 0.29) is 0 Å². The van der Waals surface area contributed by atoms with Crippen molar-refractivity contribution < 1.29 is 4.74 Å². The van der Waals surface area contributed by atoms with Crippen molar-refractivity contribution in [3.05, 3.63) is 18.2 Å². The molecule has 1 rings (SSSR count). The Morgan fingerprint density at radius 3 is 2.60 bits per heavy atom. The maximum absolute atomic E-state index is 5.37. The highest BCUT2D eigenvalue weighted by Gasteiger charge is 2.05. The van der Waals surface area contributed by atoms with Crippen LogP contribution in [-0.4, -0.2) is 27.0 Å². The molecule has 2 nitrogen and oxygen atoms in total. The predicted molar refractivity (Wildman–Crippen MR) is 68.3 cm³/mol. The molecule has 0 atom stereocenters. The van der Waals surface area contributed by atoms with Crippen LogP contribution in [0.1, 0.15) is 13.3 Å². The van der Waals surface area contributed by atoms with Gasteiger partial charge in [-0.25, -0.2) is 0 Å². The number of rotatable bonds is 5. The summed E-state index contributed by atoms with van der Waals surface area (Å²) >= 11 is 1.87. The van der Waals surface area contributed by atoms with Crippen molar-refractivity contribution in [1.29, 1.82) is 0 Å². The molecule has 0 N–H and O–H groups in total. The second-order valence-electron chi connectivity index (χ2n) is 3.58. The standard InChI is InChI=1S/C12H19NOS/c1-5-8-15-10-6-7-11(13(2)3)12(9-10)14-4/h6-7,9H,5,8H2,1-4H3. The number of nitrogens with zero attached hydrogens (tertiary/aromatic N) is 1. The third-order valence-corrected chi connectivity index (χ3v) is 3.31. The Balaban J connectivity index is 2.87. The maximum atomic E-state index is 5.37. The van der Waals surface area contributed by atoms with E-state index in [4.69, 9.17) is 4.74 Å². The molecule has 0 radical (unpaired) electrons. The van der Waals surface area contributed by atoms with E-state index >= 15 is 0 Å². The van der Waals surface area contributed by atoms with Crippen LogP contribution in [-0.2, 0) is 0 Å². The van der Waals surface area contributed by atoms with Crippen molar-refractivity contribution in [1.82, 2.24) is 0 Å². The van der Waals surface area contributed by atoms with Gasteiger partial charge in [0.2, 0.25) is 0 Å². The van der Waals surface area contributed by atoms with Crippen LogP contribution in [0.5, 0.6) is 5.75 Å². The molecule has 0 amide bonds. The van der Waals surface area contributed by atoms with Gasteiger partial charge in [-0.1, -0.05) is 6.92 Å². The smallest absolute Gasteiger partial charge is 0.143 e. The van der Waals surface area contributed by atoms with Crippen molar-refractivity contribution >= 4 is 17.4 Å². The molecule has 0 spiro atoms. The third-order valence-electron chi connectivity index (χ3n) is 2.11. The summed E-state index contributed by atoms with van der Waals surface area (Å²) in [6, 6.07) is 6.37. The molecule has 0 aliphatic carbocycles. The van der Waals surface area contributed by atoms with E-state index in [0.717, 1.165) is 17.2 Å². The molecular weight excluding hydrogens is 206 g/mol. The van der Waals surface area contributed by atoms with E-state index in [1.54, 1.807) is 7.11 Å². The lowest BCUT2D eigenvalue weighted by atomic mass is 10.3. The van der Waals surface area contributed by atoms with Gasteiger partial charge in [-0.3, -0.25) is 0 Å². The largest absolute Gasteiger partial charge is 0.495 e. The Labute approximate surface area is 96.6 Å². The molecule has 0 heterocycles. The quantitative estimate of drug-likeness (QED) is 0.714. The van der Waals surface area contributed by atoms with Gasteiger partial charge in [0.05, 0.1) is 12.8 Å². The lowest BCUT2D eigenvalue weighted by Crippen LogP contribution is -2.09. The van der Waals surface area contributed by atoms with E-state index < -0.39 is 0 Å².